The fraction of sp³-hybridized carbons (Fsp3) is 0.0833. The molecule has 5 nitrogen and oxygen atoms in total. The summed E-state index contributed by atoms with van der Waals surface area (Å²) >= 11 is 5.87. The summed E-state index contributed by atoms with van der Waals surface area (Å²) in [5, 5.41) is 0.323. The van der Waals surface area contributed by atoms with Crippen LogP contribution in [-0.4, -0.2) is 22.9 Å². The number of ketones is 1. The number of nitrogen functional groups attached to an aromatic ring is 1. The molecule has 0 radical (unpaired) electrons. The average Bonchev–Trinajstić information content (AvgIpc) is 2.41. The molecule has 0 atom stereocenters. The lowest BCUT2D eigenvalue weighted by molar-refractivity contribution is 0.103. The molecule has 0 spiro atoms. The lowest BCUT2D eigenvalue weighted by atomic mass is 10.1. The van der Waals surface area contributed by atoms with E-state index in [0.29, 0.717) is 16.3 Å². The van der Waals surface area contributed by atoms with Crippen LogP contribution in [0.2, 0.25) is 5.02 Å². The molecule has 0 bridgehead atoms. The molecule has 0 unspecified atom stereocenters. The van der Waals surface area contributed by atoms with Crippen molar-refractivity contribution in [2.24, 2.45) is 0 Å². The van der Waals surface area contributed by atoms with Crippen LogP contribution >= 0.6 is 11.6 Å². The maximum absolute atomic E-state index is 12.2. The van der Waals surface area contributed by atoms with Crippen molar-refractivity contribution >= 4 is 23.1 Å². The van der Waals surface area contributed by atoms with Gasteiger partial charge in [0.25, 0.3) is 0 Å². The van der Waals surface area contributed by atoms with Crippen molar-refractivity contribution < 1.29 is 9.53 Å². The molecule has 2 rings (SSSR count). The molecule has 2 N–H and O–H groups in total. The molecule has 18 heavy (non-hydrogen) atoms. The van der Waals surface area contributed by atoms with Gasteiger partial charge in [-0.1, -0.05) is 11.6 Å². The molecule has 0 aliphatic carbocycles. The maximum atomic E-state index is 12.2. The van der Waals surface area contributed by atoms with Gasteiger partial charge in [-0.3, -0.25) is 4.79 Å². The molecule has 0 aliphatic heterocycles. The third kappa shape index (κ3) is 2.26. The van der Waals surface area contributed by atoms with Gasteiger partial charge in [-0.25, -0.2) is 9.97 Å². The van der Waals surface area contributed by atoms with E-state index >= 15 is 0 Å². The number of nitrogens with zero attached hydrogens (tertiary/aromatic N) is 2. The number of hydrogen-bond donors (Lipinski definition) is 1. The third-order valence-corrected chi connectivity index (χ3v) is 2.66. The summed E-state index contributed by atoms with van der Waals surface area (Å²) in [5.41, 5.74) is 6.53. The zero-order valence-electron chi connectivity index (χ0n) is 9.55. The lowest BCUT2D eigenvalue weighted by Crippen LogP contribution is -2.08. The zero-order valence-corrected chi connectivity index (χ0v) is 10.3. The predicted molar refractivity (Wildman–Crippen MR) is 67.9 cm³/mol. The summed E-state index contributed by atoms with van der Waals surface area (Å²) in [4.78, 5) is 20.1. The Morgan fingerprint density at radius 3 is 2.72 bits per heavy atom. The van der Waals surface area contributed by atoms with Crippen LogP contribution < -0.4 is 10.5 Å². The summed E-state index contributed by atoms with van der Waals surface area (Å²) in [7, 11) is 1.43. The van der Waals surface area contributed by atoms with E-state index in [2.05, 4.69) is 9.97 Å². The number of hydrogen-bond acceptors (Lipinski definition) is 5. The Morgan fingerprint density at radius 2 is 2.06 bits per heavy atom. The first-order valence-electron chi connectivity index (χ1n) is 5.08. The van der Waals surface area contributed by atoms with Crippen molar-refractivity contribution in [2.45, 2.75) is 0 Å². The molecule has 0 aliphatic rings. The van der Waals surface area contributed by atoms with Gasteiger partial charge in [-0.15, -0.1) is 0 Å². The van der Waals surface area contributed by atoms with E-state index in [1.54, 1.807) is 12.1 Å². The Morgan fingerprint density at radius 1 is 1.33 bits per heavy atom. The Balaban J connectivity index is 2.44. The largest absolute Gasteiger partial charge is 0.479 e. The molecule has 1 heterocycles. The number of rotatable bonds is 3. The van der Waals surface area contributed by atoms with Crippen LogP contribution in [0.15, 0.2) is 30.6 Å². The standard InChI is InChI=1S/C12H10ClN3O2/c1-18-12-10(15-4-5-16-12)11(17)7-2-3-9(14)8(13)6-7/h2-6H,14H2,1H3. The van der Waals surface area contributed by atoms with Crippen LogP contribution in [0.5, 0.6) is 5.88 Å². The molecule has 2 aromatic rings. The van der Waals surface area contributed by atoms with Crippen LogP contribution in [0.3, 0.4) is 0 Å². The van der Waals surface area contributed by atoms with E-state index in [9.17, 15) is 4.79 Å². The summed E-state index contributed by atoms with van der Waals surface area (Å²) < 4.78 is 4.99. The normalized spacial score (nSPS) is 10.1. The van der Waals surface area contributed by atoms with E-state index in [0.717, 1.165) is 0 Å². The highest BCUT2D eigenvalue weighted by atomic mass is 35.5. The van der Waals surface area contributed by atoms with Crippen LogP contribution in [0.25, 0.3) is 0 Å². The van der Waals surface area contributed by atoms with Gasteiger partial charge in [0.05, 0.1) is 17.8 Å². The molecule has 0 amide bonds. The van der Waals surface area contributed by atoms with Crippen LogP contribution in [0, 0.1) is 0 Å². The number of ether oxygens (including phenoxy) is 1. The summed E-state index contributed by atoms with van der Waals surface area (Å²) in [6.07, 6.45) is 2.88. The minimum atomic E-state index is -0.318. The van der Waals surface area contributed by atoms with Gasteiger partial charge in [-0.05, 0) is 18.2 Å². The number of anilines is 1. The first-order chi connectivity index (χ1) is 8.63. The van der Waals surface area contributed by atoms with Crippen molar-refractivity contribution in [1.29, 1.82) is 0 Å². The number of benzene rings is 1. The second-order valence-electron chi connectivity index (χ2n) is 3.48. The molecular weight excluding hydrogens is 254 g/mol. The van der Waals surface area contributed by atoms with Gasteiger partial charge in [0, 0.05) is 18.0 Å². The van der Waals surface area contributed by atoms with Crippen molar-refractivity contribution in [2.75, 3.05) is 12.8 Å². The fourth-order valence-corrected chi connectivity index (χ4v) is 1.62. The van der Waals surface area contributed by atoms with Gasteiger partial charge in [-0.2, -0.15) is 0 Å². The monoisotopic (exact) mass is 263 g/mol. The summed E-state index contributed by atoms with van der Waals surface area (Å²) in [5.74, 6) is -0.141. The fourth-order valence-electron chi connectivity index (χ4n) is 1.44. The molecule has 92 valence electrons. The SMILES string of the molecule is COc1nccnc1C(=O)c1ccc(N)c(Cl)c1. The smallest absolute Gasteiger partial charge is 0.243 e. The van der Waals surface area contributed by atoms with Crippen LogP contribution in [0.4, 0.5) is 5.69 Å². The first-order valence-corrected chi connectivity index (χ1v) is 5.46. The molecule has 6 heteroatoms. The summed E-state index contributed by atoms with van der Waals surface area (Å²) in [6.45, 7) is 0. The van der Waals surface area contributed by atoms with Crippen LogP contribution in [0.1, 0.15) is 16.1 Å². The molecular formula is C12H10ClN3O2. The molecule has 0 saturated carbocycles. The van der Waals surface area contributed by atoms with E-state index < -0.39 is 0 Å². The zero-order chi connectivity index (χ0) is 13.1. The summed E-state index contributed by atoms with van der Waals surface area (Å²) in [6, 6.07) is 4.64. The number of methoxy groups -OCH3 is 1. The van der Waals surface area contributed by atoms with Gasteiger partial charge >= 0.3 is 0 Å². The number of aromatic nitrogens is 2. The van der Waals surface area contributed by atoms with E-state index in [1.165, 1.54) is 25.6 Å². The quantitative estimate of drug-likeness (QED) is 0.676. The molecule has 1 aromatic heterocycles. The molecule has 0 saturated heterocycles. The highest BCUT2D eigenvalue weighted by molar-refractivity contribution is 6.33. The number of carbonyl (C=O) groups is 1. The van der Waals surface area contributed by atoms with E-state index in [1.807, 2.05) is 0 Å². The minimum Gasteiger partial charge on any atom is -0.479 e. The van der Waals surface area contributed by atoms with Crippen molar-refractivity contribution in [1.82, 2.24) is 9.97 Å². The van der Waals surface area contributed by atoms with Gasteiger partial charge in [0.15, 0.2) is 5.69 Å². The van der Waals surface area contributed by atoms with Crippen molar-refractivity contribution in [3.63, 3.8) is 0 Å². The Labute approximate surface area is 109 Å². The molecule has 1 aromatic carbocycles. The minimum absolute atomic E-state index is 0.140. The van der Waals surface area contributed by atoms with Gasteiger partial charge in [0.1, 0.15) is 0 Å². The Hall–Kier alpha value is -2.14. The highest BCUT2D eigenvalue weighted by Crippen LogP contribution is 2.22. The second-order valence-corrected chi connectivity index (χ2v) is 3.89. The van der Waals surface area contributed by atoms with E-state index in [-0.39, 0.29) is 17.4 Å². The maximum Gasteiger partial charge on any atom is 0.243 e. The Bertz CT molecular complexity index is 602. The first kappa shape index (κ1) is 12.3. The van der Waals surface area contributed by atoms with E-state index in [4.69, 9.17) is 22.1 Å². The highest BCUT2D eigenvalue weighted by Gasteiger charge is 2.17. The lowest BCUT2D eigenvalue weighted by Gasteiger charge is -2.06. The van der Waals surface area contributed by atoms with Crippen molar-refractivity contribution in [3.05, 3.63) is 46.9 Å². The Kier molecular flexibility index (Phi) is 3.43. The number of halogens is 1. The third-order valence-electron chi connectivity index (χ3n) is 2.34. The molecule has 0 fully saturated rings. The van der Waals surface area contributed by atoms with Gasteiger partial charge in [0.2, 0.25) is 11.7 Å². The predicted octanol–water partition coefficient (Wildman–Crippen LogP) is 1.95. The van der Waals surface area contributed by atoms with Gasteiger partial charge < -0.3 is 10.5 Å². The second kappa shape index (κ2) is 5.01. The number of nitrogens with two attached hydrogens (primary N) is 1. The van der Waals surface area contributed by atoms with Crippen molar-refractivity contribution in [3.8, 4) is 5.88 Å². The topological polar surface area (TPSA) is 78.1 Å². The van der Waals surface area contributed by atoms with Crippen LogP contribution in [-0.2, 0) is 0 Å². The average molecular weight is 264 g/mol. The number of carbonyl (C=O) groups excluding carboxylic acids is 1.